The van der Waals surface area contributed by atoms with E-state index in [-0.39, 0.29) is 29.7 Å². The molecule has 1 aliphatic heterocycles. The van der Waals surface area contributed by atoms with Gasteiger partial charge in [0.05, 0.1) is 35.6 Å². The zero-order chi connectivity index (χ0) is 19.4. The highest BCUT2D eigenvalue weighted by molar-refractivity contribution is 7.89. The highest BCUT2D eigenvalue weighted by Gasteiger charge is 2.30. The SMILES string of the molecule is CC(Nc1ccc([N+](=O)[O-])cc1S(=O)(=O)N1CCOCC1)c1ccccn1. The van der Waals surface area contributed by atoms with Crippen molar-refractivity contribution in [3.8, 4) is 0 Å². The lowest BCUT2D eigenvalue weighted by Crippen LogP contribution is -2.40. The maximum absolute atomic E-state index is 13.1. The van der Waals surface area contributed by atoms with Crippen LogP contribution in [0.1, 0.15) is 18.7 Å². The number of nitro groups is 1. The number of benzene rings is 1. The summed E-state index contributed by atoms with van der Waals surface area (Å²) in [5, 5.41) is 14.3. The maximum Gasteiger partial charge on any atom is 0.270 e. The van der Waals surface area contributed by atoms with Gasteiger partial charge in [0.1, 0.15) is 4.90 Å². The Morgan fingerprint density at radius 2 is 2.00 bits per heavy atom. The van der Waals surface area contributed by atoms with Crippen LogP contribution in [0.2, 0.25) is 0 Å². The van der Waals surface area contributed by atoms with E-state index in [9.17, 15) is 18.5 Å². The Hall–Kier alpha value is -2.56. The Balaban J connectivity index is 1.99. The highest BCUT2D eigenvalue weighted by Crippen LogP contribution is 2.31. The van der Waals surface area contributed by atoms with Gasteiger partial charge < -0.3 is 10.1 Å². The van der Waals surface area contributed by atoms with Crippen molar-refractivity contribution in [2.24, 2.45) is 0 Å². The van der Waals surface area contributed by atoms with Crippen molar-refractivity contribution in [1.82, 2.24) is 9.29 Å². The molecule has 0 saturated carbocycles. The molecule has 1 N–H and O–H groups in total. The first kappa shape index (κ1) is 19.2. The fourth-order valence-electron chi connectivity index (χ4n) is 2.82. The number of nitrogens with one attached hydrogen (secondary N) is 1. The summed E-state index contributed by atoms with van der Waals surface area (Å²) in [4.78, 5) is 14.7. The Morgan fingerprint density at radius 1 is 1.26 bits per heavy atom. The van der Waals surface area contributed by atoms with Gasteiger partial charge in [-0.05, 0) is 25.1 Å². The van der Waals surface area contributed by atoms with E-state index < -0.39 is 14.9 Å². The van der Waals surface area contributed by atoms with Crippen molar-refractivity contribution in [1.29, 1.82) is 0 Å². The number of non-ortho nitro benzene ring substituents is 1. The third kappa shape index (κ3) is 4.24. The molecule has 1 fully saturated rings. The Labute approximate surface area is 157 Å². The molecule has 0 spiro atoms. The number of ether oxygens (including phenoxy) is 1. The lowest BCUT2D eigenvalue weighted by molar-refractivity contribution is -0.385. The number of morpholine rings is 1. The zero-order valence-electron chi connectivity index (χ0n) is 14.7. The lowest BCUT2D eigenvalue weighted by atomic mass is 10.2. The van der Waals surface area contributed by atoms with E-state index in [0.29, 0.717) is 18.9 Å². The van der Waals surface area contributed by atoms with Crippen LogP contribution in [0.5, 0.6) is 0 Å². The van der Waals surface area contributed by atoms with E-state index in [4.69, 9.17) is 4.74 Å². The largest absolute Gasteiger partial charge is 0.379 e. The molecule has 1 aromatic carbocycles. The fraction of sp³-hybridized carbons (Fsp3) is 0.353. The molecular weight excluding hydrogens is 372 g/mol. The van der Waals surface area contributed by atoms with Crippen LogP contribution in [-0.4, -0.2) is 48.9 Å². The number of sulfonamides is 1. The van der Waals surface area contributed by atoms with Crippen molar-refractivity contribution in [2.45, 2.75) is 17.9 Å². The summed E-state index contributed by atoms with van der Waals surface area (Å²) in [6.07, 6.45) is 1.65. The molecule has 2 aromatic rings. The molecule has 0 radical (unpaired) electrons. The van der Waals surface area contributed by atoms with Gasteiger partial charge in [-0.25, -0.2) is 8.42 Å². The topological polar surface area (TPSA) is 115 Å². The highest BCUT2D eigenvalue weighted by atomic mass is 32.2. The molecule has 1 saturated heterocycles. The van der Waals surface area contributed by atoms with Crippen molar-refractivity contribution in [3.63, 3.8) is 0 Å². The molecule has 0 bridgehead atoms. The van der Waals surface area contributed by atoms with E-state index in [0.717, 1.165) is 11.8 Å². The van der Waals surface area contributed by atoms with Crippen LogP contribution in [0.25, 0.3) is 0 Å². The second-order valence-electron chi connectivity index (χ2n) is 6.07. The third-order valence-electron chi connectivity index (χ3n) is 4.27. The predicted octanol–water partition coefficient (Wildman–Crippen LogP) is 2.18. The molecule has 0 amide bonds. The summed E-state index contributed by atoms with van der Waals surface area (Å²) in [6, 6.07) is 8.96. The molecule has 9 nitrogen and oxygen atoms in total. The second-order valence-corrected chi connectivity index (χ2v) is 7.98. The maximum atomic E-state index is 13.1. The number of hydrogen-bond donors (Lipinski definition) is 1. The average molecular weight is 392 g/mol. The van der Waals surface area contributed by atoms with Crippen LogP contribution < -0.4 is 5.32 Å². The fourth-order valence-corrected chi connectivity index (χ4v) is 4.41. The average Bonchev–Trinajstić information content (AvgIpc) is 2.69. The van der Waals surface area contributed by atoms with Gasteiger partial charge in [0.25, 0.3) is 5.69 Å². The molecular formula is C17H20N4O5S. The van der Waals surface area contributed by atoms with Crippen LogP contribution in [0.15, 0.2) is 47.5 Å². The van der Waals surface area contributed by atoms with Gasteiger partial charge in [-0.1, -0.05) is 6.07 Å². The number of rotatable bonds is 6. The first-order chi connectivity index (χ1) is 12.9. The van der Waals surface area contributed by atoms with E-state index in [1.807, 2.05) is 19.1 Å². The number of anilines is 1. The van der Waals surface area contributed by atoms with Gasteiger partial charge in [0, 0.05) is 31.4 Å². The Bertz CT molecular complexity index is 914. The molecule has 144 valence electrons. The van der Waals surface area contributed by atoms with Gasteiger partial charge in [-0.3, -0.25) is 15.1 Å². The van der Waals surface area contributed by atoms with Gasteiger partial charge in [-0.15, -0.1) is 0 Å². The van der Waals surface area contributed by atoms with Crippen molar-refractivity contribution in [3.05, 3.63) is 58.4 Å². The van der Waals surface area contributed by atoms with Crippen LogP contribution in [0.4, 0.5) is 11.4 Å². The van der Waals surface area contributed by atoms with Crippen LogP contribution in [0, 0.1) is 10.1 Å². The van der Waals surface area contributed by atoms with Gasteiger partial charge in [0.15, 0.2) is 0 Å². The number of aromatic nitrogens is 1. The summed E-state index contributed by atoms with van der Waals surface area (Å²) in [6.45, 7) is 2.85. The number of hydrogen-bond acceptors (Lipinski definition) is 7. The predicted molar refractivity (Wildman–Crippen MR) is 98.9 cm³/mol. The molecule has 10 heteroatoms. The Kier molecular flexibility index (Phi) is 5.68. The molecule has 1 atom stereocenters. The third-order valence-corrected chi connectivity index (χ3v) is 6.21. The standard InChI is InChI=1S/C17H20N4O5S/c1-13(15-4-2-3-7-18-15)19-16-6-5-14(21(22)23)12-17(16)27(24,25)20-8-10-26-11-9-20/h2-7,12-13,19H,8-11H2,1H3. The first-order valence-electron chi connectivity index (χ1n) is 8.43. The molecule has 0 aliphatic carbocycles. The summed E-state index contributed by atoms with van der Waals surface area (Å²) in [7, 11) is -3.91. The Morgan fingerprint density at radius 3 is 2.63 bits per heavy atom. The van der Waals surface area contributed by atoms with Gasteiger partial charge in [-0.2, -0.15) is 4.31 Å². The van der Waals surface area contributed by atoms with E-state index in [1.165, 1.54) is 16.4 Å². The molecule has 1 unspecified atom stereocenters. The van der Waals surface area contributed by atoms with Gasteiger partial charge >= 0.3 is 0 Å². The number of nitro benzene ring substituents is 1. The van der Waals surface area contributed by atoms with Crippen molar-refractivity contribution in [2.75, 3.05) is 31.6 Å². The molecule has 3 rings (SSSR count). The first-order valence-corrected chi connectivity index (χ1v) is 9.87. The summed E-state index contributed by atoms with van der Waals surface area (Å²) in [5.74, 6) is 0. The van der Waals surface area contributed by atoms with E-state index in [2.05, 4.69) is 10.3 Å². The second kappa shape index (κ2) is 7.99. The van der Waals surface area contributed by atoms with Crippen LogP contribution in [-0.2, 0) is 14.8 Å². The number of pyridine rings is 1. The smallest absolute Gasteiger partial charge is 0.270 e. The summed E-state index contributed by atoms with van der Waals surface area (Å²) >= 11 is 0. The summed E-state index contributed by atoms with van der Waals surface area (Å²) in [5.41, 5.74) is 0.744. The van der Waals surface area contributed by atoms with Crippen molar-refractivity contribution < 1.29 is 18.1 Å². The molecule has 27 heavy (non-hydrogen) atoms. The minimum absolute atomic E-state index is 0.124. The van der Waals surface area contributed by atoms with E-state index in [1.54, 1.807) is 12.3 Å². The number of nitrogens with zero attached hydrogens (tertiary/aromatic N) is 3. The van der Waals surface area contributed by atoms with Crippen LogP contribution >= 0.6 is 0 Å². The minimum Gasteiger partial charge on any atom is -0.379 e. The minimum atomic E-state index is -3.91. The lowest BCUT2D eigenvalue weighted by Gasteiger charge is -2.27. The molecule has 2 heterocycles. The normalized spacial score (nSPS) is 16.6. The molecule has 1 aliphatic rings. The van der Waals surface area contributed by atoms with Crippen LogP contribution in [0.3, 0.4) is 0 Å². The van der Waals surface area contributed by atoms with E-state index >= 15 is 0 Å². The quantitative estimate of drug-likeness (QED) is 0.592. The van der Waals surface area contributed by atoms with Crippen molar-refractivity contribution >= 4 is 21.4 Å². The molecule has 1 aromatic heterocycles. The van der Waals surface area contributed by atoms with Gasteiger partial charge in [0.2, 0.25) is 10.0 Å². The monoisotopic (exact) mass is 392 g/mol. The summed E-state index contributed by atoms with van der Waals surface area (Å²) < 4.78 is 32.7. The zero-order valence-corrected chi connectivity index (χ0v) is 15.6.